The molecule has 0 fully saturated rings. The van der Waals surface area contributed by atoms with Gasteiger partial charge in [-0.1, -0.05) is 0 Å². The van der Waals surface area contributed by atoms with Gasteiger partial charge in [-0.25, -0.2) is 14.6 Å². The van der Waals surface area contributed by atoms with Gasteiger partial charge in [0.15, 0.2) is 5.78 Å². The summed E-state index contributed by atoms with van der Waals surface area (Å²) in [7, 11) is 0. The van der Waals surface area contributed by atoms with Crippen molar-refractivity contribution < 1.29 is 23.9 Å². The number of anilines is 1. The zero-order valence-corrected chi connectivity index (χ0v) is 17.1. The Bertz CT molecular complexity index is 661. The smallest absolute Gasteiger partial charge is 0.425 e. The summed E-state index contributed by atoms with van der Waals surface area (Å²) in [6.07, 6.45) is -0.537. The fourth-order valence-corrected chi connectivity index (χ4v) is 2.19. The minimum absolute atomic E-state index is 0.0584. The van der Waals surface area contributed by atoms with Gasteiger partial charge in [-0.15, -0.1) is 0 Å². The molecule has 0 aliphatic heterocycles. The number of halogens is 1. The van der Waals surface area contributed by atoms with Gasteiger partial charge in [-0.05, 0) is 70.5 Å². The Balaban J connectivity index is 3.36. The molecular weight excluding hydrogens is 392 g/mol. The highest BCUT2D eigenvalue weighted by Gasteiger charge is 2.34. The Hall–Kier alpha value is -1.96. The number of amides is 2. The summed E-state index contributed by atoms with van der Waals surface area (Å²) >= 11 is 3.22. The van der Waals surface area contributed by atoms with Crippen molar-refractivity contribution in [3.05, 3.63) is 22.3 Å². The predicted molar refractivity (Wildman–Crippen MR) is 96.9 cm³/mol. The quantitative estimate of drug-likeness (QED) is 0.650. The molecule has 0 atom stereocenters. The number of hydrogen-bond donors (Lipinski definition) is 0. The number of aromatic nitrogens is 1. The van der Waals surface area contributed by atoms with E-state index in [0.717, 1.165) is 0 Å². The first-order valence-electron chi connectivity index (χ1n) is 7.64. The molecule has 0 spiro atoms. The maximum absolute atomic E-state index is 12.5. The van der Waals surface area contributed by atoms with Crippen LogP contribution in [0.5, 0.6) is 0 Å². The van der Waals surface area contributed by atoms with Gasteiger partial charge in [0.1, 0.15) is 17.0 Å². The SMILES string of the molecule is CC(=O)c1cc(N(C(=O)OC(C)(C)C)C(=O)OC(C)(C)C)ncc1Br. The summed E-state index contributed by atoms with van der Waals surface area (Å²) < 4.78 is 11.0. The number of pyridine rings is 1. The van der Waals surface area contributed by atoms with E-state index in [0.29, 0.717) is 9.37 Å². The molecule has 0 aliphatic rings. The maximum atomic E-state index is 12.5. The van der Waals surface area contributed by atoms with Crippen LogP contribution in [0, 0.1) is 0 Å². The molecule has 25 heavy (non-hydrogen) atoms. The average molecular weight is 415 g/mol. The van der Waals surface area contributed by atoms with E-state index in [1.165, 1.54) is 19.2 Å². The van der Waals surface area contributed by atoms with Crippen LogP contribution in [0.2, 0.25) is 0 Å². The number of hydrogen-bond acceptors (Lipinski definition) is 6. The summed E-state index contributed by atoms with van der Waals surface area (Å²) in [6.45, 7) is 11.4. The number of rotatable bonds is 2. The highest BCUT2D eigenvalue weighted by atomic mass is 79.9. The van der Waals surface area contributed by atoms with Gasteiger partial charge in [-0.3, -0.25) is 4.79 Å². The number of carbonyl (C=O) groups is 3. The summed E-state index contributed by atoms with van der Waals surface area (Å²) in [4.78, 5) is 41.5. The molecular formula is C17H23BrN2O5. The summed E-state index contributed by atoms with van der Waals surface area (Å²) in [6, 6.07) is 1.33. The van der Waals surface area contributed by atoms with Crippen molar-refractivity contribution in [2.24, 2.45) is 0 Å². The largest absolute Gasteiger partial charge is 0.443 e. The molecule has 1 heterocycles. The Morgan fingerprint density at radius 3 is 1.80 bits per heavy atom. The van der Waals surface area contributed by atoms with Crippen LogP contribution in [0.4, 0.5) is 15.4 Å². The van der Waals surface area contributed by atoms with Crippen molar-refractivity contribution in [2.75, 3.05) is 4.90 Å². The van der Waals surface area contributed by atoms with Crippen molar-refractivity contribution >= 4 is 39.7 Å². The molecule has 0 saturated carbocycles. The number of nitrogens with zero attached hydrogens (tertiary/aromatic N) is 2. The van der Waals surface area contributed by atoms with Crippen molar-refractivity contribution in [3.63, 3.8) is 0 Å². The van der Waals surface area contributed by atoms with Gasteiger partial charge in [0.2, 0.25) is 0 Å². The lowest BCUT2D eigenvalue weighted by Gasteiger charge is -2.28. The molecule has 138 valence electrons. The van der Waals surface area contributed by atoms with E-state index in [4.69, 9.17) is 9.47 Å². The molecule has 8 heteroatoms. The number of ketones is 1. The molecule has 0 aromatic carbocycles. The third kappa shape index (κ3) is 6.45. The summed E-state index contributed by atoms with van der Waals surface area (Å²) in [5.41, 5.74) is -1.37. The second-order valence-corrected chi connectivity index (χ2v) is 8.23. The molecule has 0 N–H and O–H groups in total. The highest BCUT2D eigenvalue weighted by molar-refractivity contribution is 9.10. The predicted octanol–water partition coefficient (Wildman–Crippen LogP) is 4.72. The molecule has 0 unspecified atom stereocenters. The lowest BCUT2D eigenvalue weighted by molar-refractivity contribution is 0.0428. The van der Waals surface area contributed by atoms with E-state index in [-0.39, 0.29) is 17.2 Å². The fraction of sp³-hybridized carbons (Fsp3) is 0.529. The van der Waals surface area contributed by atoms with Gasteiger partial charge < -0.3 is 9.47 Å². The van der Waals surface area contributed by atoms with Crippen LogP contribution < -0.4 is 4.90 Å². The van der Waals surface area contributed by atoms with E-state index in [1.54, 1.807) is 41.5 Å². The van der Waals surface area contributed by atoms with Crippen LogP contribution in [0.1, 0.15) is 58.8 Å². The van der Waals surface area contributed by atoms with Crippen molar-refractivity contribution in [2.45, 2.75) is 59.7 Å². The highest BCUT2D eigenvalue weighted by Crippen LogP contribution is 2.25. The second kappa shape index (κ2) is 7.51. The molecule has 1 aromatic rings. The number of Topliss-reactive ketones (excluding diaryl/α,β-unsaturated/α-hetero) is 1. The number of ether oxygens (including phenoxy) is 2. The van der Waals surface area contributed by atoms with Gasteiger partial charge in [0.25, 0.3) is 0 Å². The zero-order valence-electron chi connectivity index (χ0n) is 15.5. The molecule has 1 aromatic heterocycles. The van der Waals surface area contributed by atoms with Crippen molar-refractivity contribution in [1.29, 1.82) is 0 Å². The van der Waals surface area contributed by atoms with Gasteiger partial charge in [0, 0.05) is 16.2 Å². The molecule has 0 bridgehead atoms. The molecule has 7 nitrogen and oxygen atoms in total. The average Bonchev–Trinajstić information content (AvgIpc) is 2.36. The second-order valence-electron chi connectivity index (χ2n) is 7.37. The standard InChI is InChI=1S/C17H23BrN2O5/c1-10(21)11-8-13(19-9-12(11)18)20(14(22)24-16(2,3)4)15(23)25-17(5,6)7/h8-9H,1-7H3. The van der Waals surface area contributed by atoms with Crippen LogP contribution in [-0.4, -0.2) is 34.2 Å². The van der Waals surface area contributed by atoms with Gasteiger partial charge in [-0.2, -0.15) is 4.90 Å². The minimum atomic E-state index is -0.939. The third-order valence-electron chi connectivity index (χ3n) is 2.60. The first-order valence-corrected chi connectivity index (χ1v) is 8.43. The van der Waals surface area contributed by atoms with Crippen LogP contribution in [0.25, 0.3) is 0 Å². The summed E-state index contributed by atoms with van der Waals surface area (Å²) in [5, 5.41) is 0. The normalized spacial score (nSPS) is 11.7. The van der Waals surface area contributed by atoms with Crippen LogP contribution in [0.15, 0.2) is 16.7 Å². The van der Waals surface area contributed by atoms with E-state index in [1.807, 2.05) is 0 Å². The van der Waals surface area contributed by atoms with E-state index in [2.05, 4.69) is 20.9 Å². The lowest BCUT2D eigenvalue weighted by Crippen LogP contribution is -2.44. The first kappa shape index (κ1) is 21.1. The zero-order chi connectivity index (χ0) is 19.6. The Morgan fingerprint density at radius 1 is 1.00 bits per heavy atom. The van der Waals surface area contributed by atoms with Crippen LogP contribution >= 0.6 is 15.9 Å². The Morgan fingerprint density at radius 2 is 1.44 bits per heavy atom. The molecule has 0 saturated heterocycles. The van der Waals surface area contributed by atoms with E-state index < -0.39 is 23.4 Å². The Labute approximate surface area is 155 Å². The molecule has 1 rings (SSSR count). The van der Waals surface area contributed by atoms with E-state index >= 15 is 0 Å². The topological polar surface area (TPSA) is 85.8 Å². The number of carbonyl (C=O) groups excluding carboxylic acids is 3. The van der Waals surface area contributed by atoms with Crippen LogP contribution in [0.3, 0.4) is 0 Å². The van der Waals surface area contributed by atoms with Crippen molar-refractivity contribution in [1.82, 2.24) is 4.98 Å². The first-order chi connectivity index (χ1) is 11.2. The molecule has 0 aliphatic carbocycles. The minimum Gasteiger partial charge on any atom is -0.443 e. The van der Waals surface area contributed by atoms with Crippen molar-refractivity contribution in [3.8, 4) is 0 Å². The van der Waals surface area contributed by atoms with E-state index in [9.17, 15) is 14.4 Å². The molecule has 0 radical (unpaired) electrons. The van der Waals surface area contributed by atoms with Crippen LogP contribution in [-0.2, 0) is 9.47 Å². The number of imide groups is 1. The fourth-order valence-electron chi connectivity index (χ4n) is 1.70. The third-order valence-corrected chi connectivity index (χ3v) is 3.23. The lowest BCUT2D eigenvalue weighted by atomic mass is 10.2. The Kier molecular flexibility index (Phi) is 6.33. The molecule has 2 amide bonds. The summed E-state index contributed by atoms with van der Waals surface area (Å²) in [5.74, 6) is -0.305. The van der Waals surface area contributed by atoms with Gasteiger partial charge >= 0.3 is 12.2 Å². The van der Waals surface area contributed by atoms with Gasteiger partial charge in [0.05, 0.1) is 0 Å². The monoisotopic (exact) mass is 414 g/mol. The maximum Gasteiger partial charge on any atom is 0.425 e.